The van der Waals surface area contributed by atoms with E-state index in [0.29, 0.717) is 0 Å². The lowest BCUT2D eigenvalue weighted by Gasteiger charge is -2.36. The summed E-state index contributed by atoms with van der Waals surface area (Å²) in [6.45, 7) is 13.8. The second kappa shape index (κ2) is 15.9. The molecule has 0 spiro atoms. The largest absolute Gasteiger partial charge is 0.310 e. The number of benzene rings is 10. The molecule has 0 saturated carbocycles. The van der Waals surface area contributed by atoms with Gasteiger partial charge in [-0.15, -0.1) is 0 Å². The fourth-order valence-electron chi connectivity index (χ4n) is 12.1. The van der Waals surface area contributed by atoms with Crippen molar-refractivity contribution < 1.29 is 0 Å². The van der Waals surface area contributed by atoms with Crippen LogP contribution in [0.25, 0.3) is 33.0 Å². The predicted octanol–water partition coefficient (Wildman–Crippen LogP) is 17.6. The molecular weight excluding hydrogens is 831 g/mol. The van der Waals surface area contributed by atoms with Gasteiger partial charge in [-0.3, -0.25) is 0 Å². The molecule has 1 heteroatoms. The lowest BCUT2D eigenvalue weighted by molar-refractivity contribution is 0.589. The van der Waals surface area contributed by atoms with Gasteiger partial charge >= 0.3 is 0 Å². The van der Waals surface area contributed by atoms with Crippen LogP contribution in [-0.4, -0.2) is 0 Å². The Kier molecular flexibility index (Phi) is 9.84. The van der Waals surface area contributed by atoms with Crippen LogP contribution in [0.3, 0.4) is 0 Å². The van der Waals surface area contributed by atoms with Gasteiger partial charge in [-0.05, 0) is 136 Å². The van der Waals surface area contributed by atoms with E-state index in [0.717, 1.165) is 17.1 Å². The highest BCUT2D eigenvalue weighted by Crippen LogP contribution is 2.61. The van der Waals surface area contributed by atoms with E-state index in [2.05, 4.69) is 283 Å². The summed E-state index contributed by atoms with van der Waals surface area (Å²) in [7, 11) is 0. The molecule has 0 radical (unpaired) electrons. The van der Waals surface area contributed by atoms with Crippen molar-refractivity contribution in [3.63, 3.8) is 0 Å². The molecule has 0 aliphatic heterocycles. The van der Waals surface area contributed by atoms with Crippen LogP contribution in [0.15, 0.2) is 237 Å². The molecule has 334 valence electrons. The van der Waals surface area contributed by atoms with Crippen molar-refractivity contribution in [2.45, 2.75) is 63.2 Å². The Morgan fingerprint density at radius 1 is 0.304 bits per heavy atom. The number of para-hydroxylation sites is 1. The molecule has 0 aromatic heterocycles. The Bertz CT molecular complexity index is 3540. The maximum atomic E-state index is 2.51. The summed E-state index contributed by atoms with van der Waals surface area (Å²) in [5.74, 6) is 0. The lowest BCUT2D eigenvalue weighted by Crippen LogP contribution is -2.29. The van der Waals surface area contributed by atoms with E-state index in [-0.39, 0.29) is 10.8 Å². The molecule has 2 atom stereocenters. The van der Waals surface area contributed by atoms with Crippen molar-refractivity contribution in [3.8, 4) is 22.3 Å². The second-order valence-corrected chi connectivity index (χ2v) is 21.3. The molecule has 10 aromatic carbocycles. The maximum Gasteiger partial charge on any atom is 0.0720 e. The van der Waals surface area contributed by atoms with Gasteiger partial charge in [0.15, 0.2) is 0 Å². The molecule has 69 heavy (non-hydrogen) atoms. The highest BCUT2D eigenvalue weighted by Gasteiger charge is 2.49. The highest BCUT2D eigenvalue weighted by molar-refractivity contribution is 6.01. The molecule has 0 heterocycles. The Labute approximate surface area is 408 Å². The molecule has 10 aromatic rings. The van der Waals surface area contributed by atoms with Crippen molar-refractivity contribution in [1.82, 2.24) is 0 Å². The molecule has 2 aliphatic rings. The molecule has 0 bridgehead atoms. The summed E-state index contributed by atoms with van der Waals surface area (Å²) in [5, 5.41) is 2.53. The van der Waals surface area contributed by atoms with E-state index >= 15 is 0 Å². The number of anilines is 3. The minimum atomic E-state index is -0.608. The van der Waals surface area contributed by atoms with Crippen molar-refractivity contribution in [3.05, 3.63) is 292 Å². The summed E-state index contributed by atoms with van der Waals surface area (Å²) in [5.41, 5.74) is 20.2. The van der Waals surface area contributed by atoms with E-state index in [1.54, 1.807) is 0 Å². The molecule has 2 aliphatic carbocycles. The van der Waals surface area contributed by atoms with Crippen LogP contribution < -0.4 is 4.90 Å². The Balaban J connectivity index is 1.13. The van der Waals surface area contributed by atoms with Gasteiger partial charge in [0.1, 0.15) is 0 Å². The van der Waals surface area contributed by atoms with Crippen molar-refractivity contribution in [1.29, 1.82) is 0 Å². The van der Waals surface area contributed by atoms with Crippen LogP contribution in [-0.2, 0) is 21.7 Å². The average Bonchev–Trinajstić information content (AvgIpc) is 3.85. The third kappa shape index (κ3) is 6.51. The molecule has 12 rings (SSSR count). The van der Waals surface area contributed by atoms with E-state index in [4.69, 9.17) is 0 Å². The van der Waals surface area contributed by atoms with Gasteiger partial charge in [-0.2, -0.15) is 0 Å². The fourth-order valence-corrected chi connectivity index (χ4v) is 12.1. The smallest absolute Gasteiger partial charge is 0.0720 e. The fraction of sp³-hybridized carbons (Fsp3) is 0.147. The number of hydrogen-bond acceptors (Lipinski definition) is 1. The van der Waals surface area contributed by atoms with Gasteiger partial charge in [0.2, 0.25) is 0 Å². The van der Waals surface area contributed by atoms with E-state index in [1.165, 1.54) is 88.7 Å². The second-order valence-electron chi connectivity index (χ2n) is 21.3. The van der Waals surface area contributed by atoms with Crippen LogP contribution in [0.2, 0.25) is 0 Å². The highest BCUT2D eigenvalue weighted by atomic mass is 15.1. The van der Waals surface area contributed by atoms with Crippen molar-refractivity contribution >= 4 is 27.8 Å². The molecule has 0 N–H and O–H groups in total. The summed E-state index contributed by atoms with van der Waals surface area (Å²) in [6, 6.07) is 89.6. The third-order valence-corrected chi connectivity index (χ3v) is 15.3. The first kappa shape index (κ1) is 42.6. The van der Waals surface area contributed by atoms with Crippen molar-refractivity contribution in [2.75, 3.05) is 4.90 Å². The van der Waals surface area contributed by atoms with E-state index in [9.17, 15) is 0 Å². The molecule has 0 fully saturated rings. The number of rotatable bonds is 7. The van der Waals surface area contributed by atoms with Crippen molar-refractivity contribution in [2.24, 2.45) is 0 Å². The maximum absolute atomic E-state index is 2.51. The number of nitrogens with zero attached hydrogens (tertiary/aromatic N) is 1. The topological polar surface area (TPSA) is 3.24 Å². The Morgan fingerprint density at radius 3 is 1.30 bits per heavy atom. The van der Waals surface area contributed by atoms with Gasteiger partial charge in [-0.1, -0.05) is 242 Å². The van der Waals surface area contributed by atoms with Gasteiger partial charge < -0.3 is 4.90 Å². The van der Waals surface area contributed by atoms with Crippen LogP contribution in [0.4, 0.5) is 17.1 Å². The van der Waals surface area contributed by atoms with Gasteiger partial charge in [-0.25, -0.2) is 0 Å². The zero-order valence-corrected chi connectivity index (χ0v) is 40.5. The first-order valence-corrected chi connectivity index (χ1v) is 24.6. The Morgan fingerprint density at radius 2 is 0.725 bits per heavy atom. The number of fused-ring (bicyclic) bond motifs is 8. The lowest BCUT2D eigenvalue weighted by atomic mass is 9.66. The Hall–Kier alpha value is -7.74. The minimum Gasteiger partial charge on any atom is -0.310 e. The summed E-state index contributed by atoms with van der Waals surface area (Å²) < 4.78 is 0. The predicted molar refractivity (Wildman–Crippen MR) is 291 cm³/mol. The molecular formula is C68H57N. The summed E-state index contributed by atoms with van der Waals surface area (Å²) in [4.78, 5) is 2.49. The molecule has 1 nitrogen and oxygen atoms in total. The first-order valence-electron chi connectivity index (χ1n) is 24.6. The van der Waals surface area contributed by atoms with Gasteiger partial charge in [0.25, 0.3) is 0 Å². The monoisotopic (exact) mass is 887 g/mol. The zero-order chi connectivity index (χ0) is 47.1. The standard InChI is InChI=1S/C68H57N/c1-65(2,3)47-31-35-51(36-32-47)67(49-21-10-7-11-22-49)61-29-19-18-28-57(61)58-42-39-54(44-62(58)67)69(53-25-14-9-15-26-53)55-40-43-59-60-41-30-46-20-16-17-27-56(46)64(60)68(63(59)45-55,50-23-12-8-13-24-50)52-37-33-48(34-38-52)66(4,5)6/h7-45H,1-6H3. The van der Waals surface area contributed by atoms with Crippen LogP contribution >= 0.6 is 0 Å². The van der Waals surface area contributed by atoms with Gasteiger partial charge in [0.05, 0.1) is 10.8 Å². The van der Waals surface area contributed by atoms with Gasteiger partial charge in [0, 0.05) is 17.1 Å². The van der Waals surface area contributed by atoms with Crippen LogP contribution in [0, 0.1) is 0 Å². The minimum absolute atomic E-state index is 0.0190. The first-order chi connectivity index (χ1) is 33.5. The normalized spacial score (nSPS) is 17.0. The molecule has 0 amide bonds. The zero-order valence-electron chi connectivity index (χ0n) is 40.5. The number of hydrogen-bond donors (Lipinski definition) is 0. The summed E-state index contributed by atoms with van der Waals surface area (Å²) in [6.07, 6.45) is 0. The molecule has 2 unspecified atom stereocenters. The summed E-state index contributed by atoms with van der Waals surface area (Å²) >= 11 is 0. The van der Waals surface area contributed by atoms with E-state index < -0.39 is 10.8 Å². The average molecular weight is 888 g/mol. The molecule has 0 saturated heterocycles. The van der Waals surface area contributed by atoms with Crippen LogP contribution in [0.1, 0.15) is 97.2 Å². The third-order valence-electron chi connectivity index (χ3n) is 15.3. The SMILES string of the molecule is CC(C)(C)c1ccc(C2(c3ccccc3)c3ccccc3-c3ccc(N(c4ccccc4)c4ccc5c(c4)C(c4ccccc4)(c4ccc(C(C)(C)C)cc4)c4c-5ccc5ccccc45)cc32)cc1. The van der Waals surface area contributed by atoms with E-state index in [1.807, 2.05) is 0 Å². The quantitative estimate of drug-likeness (QED) is 0.154. The van der Waals surface area contributed by atoms with Crippen LogP contribution in [0.5, 0.6) is 0 Å².